The van der Waals surface area contributed by atoms with Crippen molar-refractivity contribution in [2.24, 2.45) is 0 Å². The largest absolute Gasteiger partial charge is 0.490 e. The zero-order valence-corrected chi connectivity index (χ0v) is 55.4. The maximum absolute atomic E-state index is 6.81. The van der Waals surface area contributed by atoms with Crippen molar-refractivity contribution >= 4 is 32.7 Å². The summed E-state index contributed by atoms with van der Waals surface area (Å²) in [5.74, 6) is 6.11. The van der Waals surface area contributed by atoms with Gasteiger partial charge < -0.3 is 37.9 Å². The summed E-state index contributed by atoms with van der Waals surface area (Å²) < 4.78 is 53.7. The third kappa shape index (κ3) is 20.1. The Balaban J connectivity index is 1.64. The summed E-state index contributed by atoms with van der Waals surface area (Å²) in [5.41, 5.74) is 6.20. The number of hydrogen-bond acceptors (Lipinski definition) is 8. The van der Waals surface area contributed by atoms with Crippen molar-refractivity contribution in [3.8, 4) is 46.0 Å². The van der Waals surface area contributed by atoms with Crippen LogP contribution in [0.1, 0.15) is 232 Å². The number of hydrogen-bond donors (Lipinski definition) is 0. The SMILES string of the molecule is CCCCCOc1ccc(C(c2ccc(OCCCCC)c(OCCCCC)c2)=c2c3ccccc3c(=C(c3ccc(OCCCCC)c(OCCCCC)c3)c3ccc(OCCCCC)c(OCCCCC)c3)c3ccccc23)cc1OCCCCC. The van der Waals surface area contributed by atoms with Gasteiger partial charge in [-0.25, -0.2) is 0 Å². The molecule has 7 aromatic rings. The van der Waals surface area contributed by atoms with Gasteiger partial charge in [-0.1, -0.05) is 231 Å². The van der Waals surface area contributed by atoms with Crippen LogP contribution in [0.25, 0.3) is 32.7 Å². The first-order valence-electron chi connectivity index (χ1n) is 34.7. The number of fused-ring (bicyclic) bond motifs is 2. The molecule has 0 saturated carbocycles. The predicted octanol–water partition coefficient (Wildman–Crippen LogP) is 21.0. The Morgan fingerprint density at radius 3 is 0.580 bits per heavy atom. The Morgan fingerprint density at radius 1 is 0.216 bits per heavy atom. The maximum atomic E-state index is 6.81. The van der Waals surface area contributed by atoms with Gasteiger partial charge in [0, 0.05) is 0 Å². The highest BCUT2D eigenvalue weighted by Gasteiger charge is 2.23. The summed E-state index contributed by atoms with van der Waals surface area (Å²) in [4.78, 5) is 0. The fraction of sp³-hybridized carbons (Fsp3) is 0.500. The van der Waals surface area contributed by atoms with Gasteiger partial charge in [-0.15, -0.1) is 0 Å². The highest BCUT2D eigenvalue weighted by molar-refractivity contribution is 6.07. The molecule has 0 aromatic heterocycles. The molecule has 0 radical (unpaired) electrons. The molecule has 0 aliphatic carbocycles. The summed E-state index contributed by atoms with van der Waals surface area (Å²) in [5, 5.41) is 6.67. The molecule has 0 unspecified atom stereocenters. The molecular weight excluding hydrogens is 1090 g/mol. The van der Waals surface area contributed by atoms with Gasteiger partial charge in [0.1, 0.15) is 0 Å². The summed E-state index contributed by atoms with van der Waals surface area (Å²) in [7, 11) is 0. The molecule has 0 spiro atoms. The fourth-order valence-corrected chi connectivity index (χ4v) is 11.4. The lowest BCUT2D eigenvalue weighted by Crippen LogP contribution is -2.21. The molecule has 7 aromatic carbocycles. The molecule has 0 aliphatic rings. The van der Waals surface area contributed by atoms with E-state index in [1.165, 1.54) is 0 Å². The number of benzene rings is 7. The van der Waals surface area contributed by atoms with E-state index in [0.717, 1.165) is 265 Å². The molecule has 0 heterocycles. The molecular formula is C80H108O8. The molecule has 0 atom stereocenters. The number of unbranched alkanes of at least 4 members (excludes halogenated alkanes) is 16. The zero-order valence-electron chi connectivity index (χ0n) is 55.4. The van der Waals surface area contributed by atoms with Gasteiger partial charge in [0.25, 0.3) is 0 Å². The van der Waals surface area contributed by atoms with Crippen LogP contribution in [0, 0.1) is 0 Å². The molecule has 0 amide bonds. The second kappa shape index (κ2) is 39.3. The van der Waals surface area contributed by atoms with Gasteiger partial charge in [-0.3, -0.25) is 0 Å². The zero-order chi connectivity index (χ0) is 62.0. The van der Waals surface area contributed by atoms with Crippen molar-refractivity contribution in [2.45, 2.75) is 209 Å². The van der Waals surface area contributed by atoms with Crippen molar-refractivity contribution in [1.82, 2.24) is 0 Å². The Labute approximate surface area is 530 Å². The van der Waals surface area contributed by atoms with Gasteiger partial charge in [0.2, 0.25) is 0 Å². The lowest BCUT2D eigenvalue weighted by Gasteiger charge is -2.21. The minimum Gasteiger partial charge on any atom is -0.490 e. The molecule has 0 saturated heterocycles. The first-order valence-corrected chi connectivity index (χ1v) is 34.7. The van der Waals surface area contributed by atoms with Crippen LogP contribution in [0.3, 0.4) is 0 Å². The van der Waals surface area contributed by atoms with Crippen molar-refractivity contribution < 1.29 is 37.9 Å². The second-order valence-corrected chi connectivity index (χ2v) is 23.7. The molecule has 8 nitrogen and oxygen atoms in total. The molecule has 0 fully saturated rings. The van der Waals surface area contributed by atoms with E-state index in [1.807, 2.05) is 0 Å². The Kier molecular flexibility index (Phi) is 30.6. The average molecular weight is 1200 g/mol. The van der Waals surface area contributed by atoms with E-state index in [0.29, 0.717) is 52.9 Å². The Hall–Kier alpha value is -6.80. The minimum atomic E-state index is 0.603. The van der Waals surface area contributed by atoms with E-state index in [1.54, 1.807) is 0 Å². The monoisotopic (exact) mass is 1200 g/mol. The smallest absolute Gasteiger partial charge is 0.161 e. The first-order chi connectivity index (χ1) is 43.4. The van der Waals surface area contributed by atoms with Crippen molar-refractivity contribution in [3.05, 3.63) is 154 Å². The molecule has 8 heteroatoms. The Morgan fingerprint density at radius 2 is 0.398 bits per heavy atom. The first kappa shape index (κ1) is 68.7. The van der Waals surface area contributed by atoms with E-state index in [4.69, 9.17) is 37.9 Å². The van der Waals surface area contributed by atoms with E-state index < -0.39 is 0 Å². The van der Waals surface area contributed by atoms with Crippen LogP contribution in [-0.2, 0) is 0 Å². The topological polar surface area (TPSA) is 73.8 Å². The van der Waals surface area contributed by atoms with Crippen LogP contribution >= 0.6 is 0 Å². The molecule has 0 bridgehead atoms. The average Bonchev–Trinajstić information content (AvgIpc) is 0.776. The minimum absolute atomic E-state index is 0.603. The highest BCUT2D eigenvalue weighted by Crippen LogP contribution is 2.40. The quantitative estimate of drug-likeness (QED) is 0.0276. The fourth-order valence-electron chi connectivity index (χ4n) is 11.4. The van der Waals surface area contributed by atoms with Crippen LogP contribution in [-0.4, -0.2) is 52.9 Å². The van der Waals surface area contributed by atoms with E-state index in [9.17, 15) is 0 Å². The van der Waals surface area contributed by atoms with Crippen LogP contribution < -0.4 is 48.3 Å². The molecule has 0 N–H and O–H groups in total. The predicted molar refractivity (Wildman–Crippen MR) is 370 cm³/mol. The van der Waals surface area contributed by atoms with E-state index in [2.05, 4.69) is 177 Å². The van der Waals surface area contributed by atoms with Gasteiger partial charge >= 0.3 is 0 Å². The Bertz CT molecular complexity index is 2860. The third-order valence-corrected chi connectivity index (χ3v) is 16.4. The number of ether oxygens (including phenoxy) is 8. The maximum Gasteiger partial charge on any atom is 0.161 e. The summed E-state index contributed by atoms with van der Waals surface area (Å²) in [6.45, 7) is 22.8. The van der Waals surface area contributed by atoms with Crippen LogP contribution in [0.15, 0.2) is 121 Å². The summed E-state index contributed by atoms with van der Waals surface area (Å²) in [6.07, 6.45) is 25.5. The lowest BCUT2D eigenvalue weighted by atomic mass is 9.86. The summed E-state index contributed by atoms with van der Waals surface area (Å²) >= 11 is 0. The van der Waals surface area contributed by atoms with E-state index >= 15 is 0 Å². The van der Waals surface area contributed by atoms with Crippen molar-refractivity contribution in [3.63, 3.8) is 0 Å². The molecule has 7 rings (SSSR count). The van der Waals surface area contributed by atoms with Crippen LogP contribution in [0.5, 0.6) is 46.0 Å². The van der Waals surface area contributed by atoms with Crippen LogP contribution in [0.2, 0.25) is 0 Å². The van der Waals surface area contributed by atoms with Crippen LogP contribution in [0.4, 0.5) is 0 Å². The lowest BCUT2D eigenvalue weighted by molar-refractivity contribution is 0.259. The van der Waals surface area contributed by atoms with Gasteiger partial charge in [-0.05, 0) is 165 Å². The van der Waals surface area contributed by atoms with Crippen molar-refractivity contribution in [2.75, 3.05) is 52.9 Å². The highest BCUT2D eigenvalue weighted by atomic mass is 16.5. The van der Waals surface area contributed by atoms with Gasteiger partial charge in [0.05, 0.1) is 52.9 Å². The molecule has 476 valence electrons. The van der Waals surface area contributed by atoms with Crippen molar-refractivity contribution in [1.29, 1.82) is 0 Å². The standard InChI is InChI=1S/C80H108O8/c1-9-17-29-49-81-69-45-41-61(57-73(69)85-53-33-21-13-5)77(62-42-46-70(82-50-30-18-10-2)74(58-62)86-54-34-22-14-6)79-65-37-25-27-39-67(65)80(68-40-28-26-38-66(68)79)78(63-43-47-71(83-51-31-19-11-3)75(59-63)87-55-35-23-15-7)64-44-48-72(84-52-32-20-12-4)76(60-64)88-56-36-24-16-8/h25-28,37-48,57-60H,9-24,29-36,49-56H2,1-8H3. The number of rotatable bonds is 44. The van der Waals surface area contributed by atoms with Gasteiger partial charge in [0.15, 0.2) is 46.0 Å². The summed E-state index contributed by atoms with van der Waals surface area (Å²) in [6, 6.07) is 44.4. The molecule has 88 heavy (non-hydrogen) atoms. The van der Waals surface area contributed by atoms with E-state index in [-0.39, 0.29) is 0 Å². The van der Waals surface area contributed by atoms with Gasteiger partial charge in [-0.2, -0.15) is 0 Å². The second-order valence-electron chi connectivity index (χ2n) is 23.7. The third-order valence-electron chi connectivity index (χ3n) is 16.4. The molecule has 0 aliphatic heterocycles. The normalized spacial score (nSPS) is 11.3.